The predicted octanol–water partition coefficient (Wildman–Crippen LogP) is 2.39. The second-order valence-corrected chi connectivity index (χ2v) is 7.95. The Bertz CT molecular complexity index is 885. The first-order valence-electron chi connectivity index (χ1n) is 8.10. The molecule has 0 saturated carbocycles. The molecule has 3 rings (SSSR count). The number of amides is 1. The number of aryl methyl sites for hydroxylation is 1. The smallest absolute Gasteiger partial charge is 0.261 e. The van der Waals surface area contributed by atoms with Crippen LogP contribution in [0.5, 0.6) is 0 Å². The van der Waals surface area contributed by atoms with Gasteiger partial charge in [-0.3, -0.25) is 9.52 Å². The van der Waals surface area contributed by atoms with Crippen molar-refractivity contribution in [3.63, 3.8) is 0 Å². The topological polar surface area (TPSA) is 92.5 Å². The molecule has 0 radical (unpaired) electrons. The average Bonchev–Trinajstić information content (AvgIpc) is 3.01. The number of nitrogens with two attached hydrogens (primary N) is 1. The fraction of sp³-hybridized carbons (Fsp3) is 0.278. The van der Waals surface area contributed by atoms with Gasteiger partial charge in [-0.1, -0.05) is 29.8 Å². The van der Waals surface area contributed by atoms with Gasteiger partial charge in [0.1, 0.15) is 0 Å². The molecule has 8 heteroatoms. The van der Waals surface area contributed by atoms with Gasteiger partial charge in [-0.2, -0.15) is 0 Å². The van der Waals surface area contributed by atoms with Crippen molar-refractivity contribution in [3.8, 4) is 0 Å². The lowest BCUT2D eigenvalue weighted by molar-refractivity contribution is 0.0792. The number of carbonyl (C=O) groups is 1. The van der Waals surface area contributed by atoms with Gasteiger partial charge in [0.25, 0.3) is 15.9 Å². The summed E-state index contributed by atoms with van der Waals surface area (Å²) < 4.78 is 27.7. The van der Waals surface area contributed by atoms with Crippen LogP contribution in [-0.4, -0.2) is 38.4 Å². The molecule has 0 bridgehead atoms. The Morgan fingerprint density at radius 2 is 1.81 bits per heavy atom. The van der Waals surface area contributed by atoms with Crippen LogP contribution in [0.15, 0.2) is 53.4 Å². The van der Waals surface area contributed by atoms with Crippen LogP contribution in [0, 0.1) is 6.92 Å². The minimum atomic E-state index is -3.77. The van der Waals surface area contributed by atoms with Crippen molar-refractivity contribution in [1.82, 2.24) is 4.90 Å². The number of rotatable bonds is 4. The minimum Gasteiger partial charge on any atom is -0.337 e. The quantitative estimate of drug-likeness (QED) is 0.831. The molecular formula is C18H22ClN3O3S. The lowest BCUT2D eigenvalue weighted by atomic mass is 10.1. The number of sulfonamides is 1. The Labute approximate surface area is 159 Å². The summed E-state index contributed by atoms with van der Waals surface area (Å²) in [5, 5.41) is 0. The van der Waals surface area contributed by atoms with Crippen LogP contribution in [0.4, 0.5) is 5.69 Å². The van der Waals surface area contributed by atoms with Crippen molar-refractivity contribution < 1.29 is 13.2 Å². The lowest BCUT2D eigenvalue weighted by Gasteiger charge is -2.18. The van der Waals surface area contributed by atoms with Crippen molar-refractivity contribution in [2.24, 2.45) is 5.73 Å². The summed E-state index contributed by atoms with van der Waals surface area (Å²) in [5.41, 5.74) is 7.43. The number of hydrogen-bond acceptors (Lipinski definition) is 4. The summed E-state index contributed by atoms with van der Waals surface area (Å²) in [6, 6.07) is 13.2. The second-order valence-electron chi connectivity index (χ2n) is 6.26. The third kappa shape index (κ3) is 4.35. The van der Waals surface area contributed by atoms with E-state index in [0.29, 0.717) is 18.7 Å². The van der Waals surface area contributed by atoms with Crippen molar-refractivity contribution in [3.05, 3.63) is 59.7 Å². The van der Waals surface area contributed by atoms with E-state index in [1.54, 1.807) is 53.4 Å². The van der Waals surface area contributed by atoms with Crippen LogP contribution in [0.2, 0.25) is 0 Å². The normalized spacial score (nSPS) is 16.8. The van der Waals surface area contributed by atoms with Crippen LogP contribution >= 0.6 is 12.4 Å². The Morgan fingerprint density at radius 1 is 1.15 bits per heavy atom. The number of benzene rings is 2. The molecule has 0 aromatic heterocycles. The zero-order valence-electron chi connectivity index (χ0n) is 14.4. The number of nitrogens with zero attached hydrogens (tertiary/aromatic N) is 1. The van der Waals surface area contributed by atoms with E-state index in [2.05, 4.69) is 4.72 Å². The van der Waals surface area contributed by atoms with Gasteiger partial charge in [-0.25, -0.2) is 8.42 Å². The standard InChI is InChI=1S/C18H21N3O3S.ClH/c1-13-6-8-15(9-7-13)25(23,24)20-17-5-3-2-4-16(17)18(22)21-11-10-14(19)12-21;/h2-9,14,20H,10-12,19H2,1H3;1H/t14-;/m1./s1. The zero-order valence-corrected chi connectivity index (χ0v) is 16.0. The molecule has 1 fully saturated rings. The first-order chi connectivity index (χ1) is 11.9. The molecule has 1 aliphatic rings. The van der Waals surface area contributed by atoms with Crippen LogP contribution in [0.25, 0.3) is 0 Å². The molecule has 0 aliphatic carbocycles. The van der Waals surface area contributed by atoms with Gasteiger partial charge in [0.05, 0.1) is 16.1 Å². The fourth-order valence-electron chi connectivity index (χ4n) is 2.82. The van der Waals surface area contributed by atoms with E-state index in [9.17, 15) is 13.2 Å². The highest BCUT2D eigenvalue weighted by Crippen LogP contribution is 2.23. The molecule has 1 saturated heterocycles. The fourth-order valence-corrected chi connectivity index (χ4v) is 3.90. The summed E-state index contributed by atoms with van der Waals surface area (Å²) in [7, 11) is -3.77. The molecule has 26 heavy (non-hydrogen) atoms. The molecule has 2 aromatic rings. The molecule has 0 unspecified atom stereocenters. The van der Waals surface area contributed by atoms with Crippen LogP contribution in [0.1, 0.15) is 22.3 Å². The summed E-state index contributed by atoms with van der Waals surface area (Å²) in [4.78, 5) is 14.5. The molecular weight excluding hydrogens is 374 g/mol. The van der Waals surface area contributed by atoms with Gasteiger partial charge in [0, 0.05) is 19.1 Å². The van der Waals surface area contributed by atoms with Crippen molar-refractivity contribution in [2.75, 3.05) is 17.8 Å². The molecule has 2 aromatic carbocycles. The number of nitrogens with one attached hydrogen (secondary N) is 1. The minimum absolute atomic E-state index is 0. The number of para-hydroxylation sites is 1. The van der Waals surface area contributed by atoms with E-state index in [-0.39, 0.29) is 34.9 Å². The maximum atomic E-state index is 12.7. The average molecular weight is 396 g/mol. The highest BCUT2D eigenvalue weighted by molar-refractivity contribution is 7.92. The largest absolute Gasteiger partial charge is 0.337 e. The van der Waals surface area contributed by atoms with Gasteiger partial charge < -0.3 is 10.6 Å². The Kier molecular flexibility index (Phi) is 6.28. The summed E-state index contributed by atoms with van der Waals surface area (Å²) in [6.45, 7) is 2.95. The SMILES string of the molecule is Cc1ccc(S(=O)(=O)Nc2ccccc2C(=O)N2CC[C@@H](N)C2)cc1.Cl. The summed E-state index contributed by atoms with van der Waals surface area (Å²) in [5.74, 6) is -0.213. The van der Waals surface area contributed by atoms with Crippen molar-refractivity contribution in [1.29, 1.82) is 0 Å². The second kappa shape index (κ2) is 8.07. The van der Waals surface area contributed by atoms with Crippen molar-refractivity contribution >= 4 is 34.0 Å². The van der Waals surface area contributed by atoms with E-state index >= 15 is 0 Å². The number of anilines is 1. The van der Waals surface area contributed by atoms with Gasteiger partial charge in [-0.15, -0.1) is 12.4 Å². The molecule has 1 atom stereocenters. The van der Waals surface area contributed by atoms with Gasteiger partial charge in [0.2, 0.25) is 0 Å². The van der Waals surface area contributed by atoms with Crippen LogP contribution in [-0.2, 0) is 10.0 Å². The van der Waals surface area contributed by atoms with Crippen molar-refractivity contribution in [2.45, 2.75) is 24.3 Å². The number of likely N-dealkylation sites (tertiary alicyclic amines) is 1. The zero-order chi connectivity index (χ0) is 18.0. The molecule has 3 N–H and O–H groups in total. The lowest BCUT2D eigenvalue weighted by Crippen LogP contribution is -2.32. The molecule has 140 valence electrons. The molecule has 6 nitrogen and oxygen atoms in total. The van der Waals surface area contributed by atoms with Crippen LogP contribution < -0.4 is 10.5 Å². The maximum Gasteiger partial charge on any atom is 0.261 e. The summed E-state index contributed by atoms with van der Waals surface area (Å²) in [6.07, 6.45) is 0.753. The maximum absolute atomic E-state index is 12.7. The molecule has 1 aliphatic heterocycles. The van der Waals surface area contributed by atoms with E-state index in [1.165, 1.54) is 0 Å². The molecule has 1 amide bonds. The Hall–Kier alpha value is -2.09. The van der Waals surface area contributed by atoms with Crippen LogP contribution in [0.3, 0.4) is 0 Å². The molecule has 1 heterocycles. The van der Waals surface area contributed by atoms with Gasteiger partial charge in [-0.05, 0) is 37.6 Å². The van der Waals surface area contributed by atoms with E-state index in [1.807, 2.05) is 6.92 Å². The third-order valence-corrected chi connectivity index (χ3v) is 5.63. The number of halogens is 1. The highest BCUT2D eigenvalue weighted by Gasteiger charge is 2.27. The van der Waals surface area contributed by atoms with Gasteiger partial charge >= 0.3 is 0 Å². The highest BCUT2D eigenvalue weighted by atomic mass is 35.5. The van der Waals surface area contributed by atoms with E-state index in [0.717, 1.165) is 12.0 Å². The third-order valence-electron chi connectivity index (χ3n) is 4.24. The molecule has 0 spiro atoms. The number of carbonyl (C=O) groups excluding carboxylic acids is 1. The van der Waals surface area contributed by atoms with E-state index in [4.69, 9.17) is 5.73 Å². The summed E-state index contributed by atoms with van der Waals surface area (Å²) >= 11 is 0. The Morgan fingerprint density at radius 3 is 2.42 bits per heavy atom. The Balaban J connectivity index is 0.00000243. The van der Waals surface area contributed by atoms with E-state index < -0.39 is 10.0 Å². The first-order valence-corrected chi connectivity index (χ1v) is 9.58. The predicted molar refractivity (Wildman–Crippen MR) is 104 cm³/mol. The van der Waals surface area contributed by atoms with Gasteiger partial charge in [0.15, 0.2) is 0 Å². The number of hydrogen-bond donors (Lipinski definition) is 2. The monoisotopic (exact) mass is 395 g/mol. The first kappa shape index (κ1) is 20.2.